The molecule has 4 nitrogen and oxygen atoms in total. The molecule has 21 heavy (non-hydrogen) atoms. The Morgan fingerprint density at radius 1 is 1.05 bits per heavy atom. The summed E-state index contributed by atoms with van der Waals surface area (Å²) in [6, 6.07) is 7.26. The predicted molar refractivity (Wildman–Crippen MR) is 89.9 cm³/mol. The number of halogens is 2. The van der Waals surface area contributed by atoms with Gasteiger partial charge in [-0.15, -0.1) is 0 Å². The lowest BCUT2D eigenvalue weighted by Gasteiger charge is -2.10. The van der Waals surface area contributed by atoms with Crippen LogP contribution in [0.3, 0.4) is 0 Å². The lowest BCUT2D eigenvalue weighted by molar-refractivity contribution is 0.829. The summed E-state index contributed by atoms with van der Waals surface area (Å²) in [5, 5.41) is 7.54. The minimum atomic E-state index is 0.508. The first-order chi connectivity index (χ1) is 10.1. The zero-order valence-corrected chi connectivity index (χ0v) is 13.6. The summed E-state index contributed by atoms with van der Waals surface area (Å²) in [6.45, 7) is 4.92. The summed E-state index contributed by atoms with van der Waals surface area (Å²) in [5.41, 5.74) is 0.835. The lowest BCUT2D eigenvalue weighted by atomic mass is 10.3. The van der Waals surface area contributed by atoms with Gasteiger partial charge in [-0.2, -0.15) is 0 Å². The number of anilines is 3. The van der Waals surface area contributed by atoms with Crippen molar-refractivity contribution in [1.82, 2.24) is 9.97 Å². The van der Waals surface area contributed by atoms with Crippen LogP contribution in [-0.4, -0.2) is 16.5 Å². The molecule has 0 saturated heterocycles. The van der Waals surface area contributed by atoms with Gasteiger partial charge in [-0.25, -0.2) is 9.97 Å². The van der Waals surface area contributed by atoms with Crippen molar-refractivity contribution in [1.29, 1.82) is 0 Å². The topological polar surface area (TPSA) is 49.8 Å². The maximum Gasteiger partial charge on any atom is 0.136 e. The van der Waals surface area contributed by atoms with E-state index in [0.717, 1.165) is 36.7 Å². The molecule has 0 radical (unpaired) electrons. The standard InChI is InChI=1S/C15H18Cl2N4/c1-3-4-7-18-14-9-15(20-10(2)19-14)21-11-5-6-12(16)13(17)8-11/h5-6,8-9H,3-4,7H2,1-2H3,(H2,18,19,20,21). The zero-order chi connectivity index (χ0) is 15.2. The molecule has 0 saturated carbocycles. The summed E-state index contributed by atoms with van der Waals surface area (Å²) in [5.74, 6) is 2.25. The normalized spacial score (nSPS) is 10.5. The zero-order valence-electron chi connectivity index (χ0n) is 12.1. The van der Waals surface area contributed by atoms with Crippen LogP contribution in [0, 0.1) is 6.92 Å². The van der Waals surface area contributed by atoms with Crippen LogP contribution in [-0.2, 0) is 0 Å². The van der Waals surface area contributed by atoms with Crippen molar-refractivity contribution in [2.24, 2.45) is 0 Å². The number of hydrogen-bond donors (Lipinski definition) is 2. The van der Waals surface area contributed by atoms with Crippen molar-refractivity contribution < 1.29 is 0 Å². The highest BCUT2D eigenvalue weighted by atomic mass is 35.5. The number of nitrogens with one attached hydrogen (secondary N) is 2. The molecule has 0 fully saturated rings. The second-order valence-corrected chi connectivity index (χ2v) is 5.53. The highest BCUT2D eigenvalue weighted by molar-refractivity contribution is 6.42. The van der Waals surface area contributed by atoms with Gasteiger partial charge in [-0.3, -0.25) is 0 Å². The Labute approximate surface area is 134 Å². The Hall–Kier alpha value is -1.52. The molecule has 112 valence electrons. The van der Waals surface area contributed by atoms with Crippen LogP contribution >= 0.6 is 23.2 Å². The first-order valence-electron chi connectivity index (χ1n) is 6.90. The van der Waals surface area contributed by atoms with Gasteiger partial charge in [0.2, 0.25) is 0 Å². The molecule has 0 aliphatic heterocycles. The quantitative estimate of drug-likeness (QED) is 0.730. The highest BCUT2D eigenvalue weighted by Gasteiger charge is 2.04. The average molecular weight is 325 g/mol. The second-order valence-electron chi connectivity index (χ2n) is 4.72. The Morgan fingerprint density at radius 2 is 1.81 bits per heavy atom. The van der Waals surface area contributed by atoms with Gasteiger partial charge >= 0.3 is 0 Å². The van der Waals surface area contributed by atoms with Crippen LogP contribution in [0.5, 0.6) is 0 Å². The van der Waals surface area contributed by atoms with Gasteiger partial charge in [-0.1, -0.05) is 36.5 Å². The molecular formula is C15H18Cl2N4. The van der Waals surface area contributed by atoms with Crippen molar-refractivity contribution >= 4 is 40.5 Å². The molecule has 1 heterocycles. The Kier molecular flexibility index (Phi) is 5.65. The highest BCUT2D eigenvalue weighted by Crippen LogP contribution is 2.26. The van der Waals surface area contributed by atoms with Gasteiger partial charge in [0.25, 0.3) is 0 Å². The number of aromatic nitrogens is 2. The van der Waals surface area contributed by atoms with Gasteiger partial charge < -0.3 is 10.6 Å². The molecule has 0 bridgehead atoms. The molecule has 0 amide bonds. The number of unbranched alkanes of at least 4 members (excludes halogenated alkanes) is 1. The van der Waals surface area contributed by atoms with Gasteiger partial charge in [-0.05, 0) is 31.5 Å². The number of hydrogen-bond acceptors (Lipinski definition) is 4. The summed E-state index contributed by atoms with van der Waals surface area (Å²) >= 11 is 11.9. The Bertz CT molecular complexity index is 617. The molecule has 0 aliphatic carbocycles. The van der Waals surface area contributed by atoms with E-state index < -0.39 is 0 Å². The smallest absolute Gasteiger partial charge is 0.136 e. The molecule has 0 spiro atoms. The summed E-state index contributed by atoms with van der Waals surface area (Å²) in [6.07, 6.45) is 2.25. The first-order valence-corrected chi connectivity index (χ1v) is 7.65. The molecule has 0 unspecified atom stereocenters. The lowest BCUT2D eigenvalue weighted by Crippen LogP contribution is -2.06. The molecule has 2 rings (SSSR count). The average Bonchev–Trinajstić information content (AvgIpc) is 2.43. The Morgan fingerprint density at radius 3 is 2.52 bits per heavy atom. The van der Waals surface area contributed by atoms with E-state index in [2.05, 4.69) is 27.5 Å². The maximum atomic E-state index is 6.01. The number of rotatable bonds is 6. The molecule has 0 atom stereocenters. The molecule has 1 aromatic carbocycles. The third-order valence-electron chi connectivity index (χ3n) is 2.87. The third-order valence-corrected chi connectivity index (χ3v) is 3.61. The number of nitrogens with zero attached hydrogens (tertiary/aromatic N) is 2. The van der Waals surface area contributed by atoms with Crippen molar-refractivity contribution in [2.75, 3.05) is 17.2 Å². The van der Waals surface area contributed by atoms with Gasteiger partial charge in [0.1, 0.15) is 17.5 Å². The third kappa shape index (κ3) is 4.76. The van der Waals surface area contributed by atoms with E-state index in [1.54, 1.807) is 12.1 Å². The van der Waals surface area contributed by atoms with E-state index in [4.69, 9.17) is 23.2 Å². The van der Waals surface area contributed by atoms with Crippen LogP contribution in [0.25, 0.3) is 0 Å². The second kappa shape index (κ2) is 7.48. The summed E-state index contributed by atoms with van der Waals surface area (Å²) in [7, 11) is 0. The van der Waals surface area contributed by atoms with Crippen LogP contribution in [0.4, 0.5) is 17.3 Å². The fourth-order valence-electron chi connectivity index (χ4n) is 1.84. The molecule has 2 N–H and O–H groups in total. The van der Waals surface area contributed by atoms with Gasteiger partial charge in [0, 0.05) is 18.3 Å². The molecule has 6 heteroatoms. The Balaban J connectivity index is 2.13. The number of aryl methyl sites for hydroxylation is 1. The summed E-state index contributed by atoms with van der Waals surface area (Å²) < 4.78 is 0. The van der Waals surface area contributed by atoms with Crippen LogP contribution < -0.4 is 10.6 Å². The van der Waals surface area contributed by atoms with Crippen LogP contribution in [0.2, 0.25) is 10.0 Å². The fourth-order valence-corrected chi connectivity index (χ4v) is 2.14. The maximum absolute atomic E-state index is 6.01. The predicted octanol–water partition coefficient (Wildman–Crippen LogP) is 5.05. The van der Waals surface area contributed by atoms with E-state index in [1.807, 2.05) is 19.1 Å². The SMILES string of the molecule is CCCCNc1cc(Nc2ccc(Cl)c(Cl)c2)nc(C)n1. The molecule has 2 aromatic rings. The summed E-state index contributed by atoms with van der Waals surface area (Å²) in [4.78, 5) is 8.74. The van der Waals surface area contributed by atoms with Crippen molar-refractivity contribution in [3.05, 3.63) is 40.1 Å². The molecule has 0 aliphatic rings. The van der Waals surface area contributed by atoms with E-state index in [9.17, 15) is 0 Å². The van der Waals surface area contributed by atoms with E-state index >= 15 is 0 Å². The molecular weight excluding hydrogens is 307 g/mol. The largest absolute Gasteiger partial charge is 0.370 e. The van der Waals surface area contributed by atoms with E-state index in [-0.39, 0.29) is 0 Å². The van der Waals surface area contributed by atoms with Gasteiger partial charge in [0.15, 0.2) is 0 Å². The van der Waals surface area contributed by atoms with Crippen molar-refractivity contribution in [2.45, 2.75) is 26.7 Å². The van der Waals surface area contributed by atoms with Gasteiger partial charge in [0.05, 0.1) is 10.0 Å². The fraction of sp³-hybridized carbons (Fsp3) is 0.333. The minimum Gasteiger partial charge on any atom is -0.370 e. The monoisotopic (exact) mass is 324 g/mol. The van der Waals surface area contributed by atoms with Crippen LogP contribution in [0.15, 0.2) is 24.3 Å². The minimum absolute atomic E-state index is 0.508. The van der Waals surface area contributed by atoms with Crippen molar-refractivity contribution in [3.63, 3.8) is 0 Å². The van der Waals surface area contributed by atoms with E-state index in [1.165, 1.54) is 0 Å². The first kappa shape index (κ1) is 15.9. The molecule has 1 aromatic heterocycles. The number of benzene rings is 1. The van der Waals surface area contributed by atoms with Crippen molar-refractivity contribution in [3.8, 4) is 0 Å². The van der Waals surface area contributed by atoms with E-state index in [0.29, 0.717) is 15.9 Å². The van der Waals surface area contributed by atoms with Crippen LogP contribution in [0.1, 0.15) is 25.6 Å².